The molecule has 2 rings (SSSR count). The number of rotatable bonds is 5. The Labute approximate surface area is 131 Å². The number of hydrogen-bond donors (Lipinski definition) is 1. The molecule has 0 fully saturated rings. The summed E-state index contributed by atoms with van der Waals surface area (Å²) in [4.78, 5) is 11.2. The minimum absolute atomic E-state index is 0.224. The Balaban J connectivity index is 2.28. The molecule has 1 aliphatic rings. The van der Waals surface area contributed by atoms with Crippen LogP contribution >= 0.6 is 0 Å². The first-order chi connectivity index (χ1) is 10.6. The van der Waals surface area contributed by atoms with Crippen LogP contribution in [-0.2, 0) is 9.53 Å². The summed E-state index contributed by atoms with van der Waals surface area (Å²) < 4.78 is 10.3. The monoisotopic (exact) mass is 302 g/mol. The fourth-order valence-corrected chi connectivity index (χ4v) is 2.53. The average Bonchev–Trinajstić information content (AvgIpc) is 2.78. The molecule has 1 aromatic rings. The standard InChI is InChI=1S/C18H22O4/c1-13-9-10-15(14-7-5-3-4-6-8-14)11-16(13)22-17(12-21-2)18(19)20/h7,9-12H,3-6,8H2,1-2H3,(H,19,20)/b17-12-. The van der Waals surface area contributed by atoms with Crippen LogP contribution in [0.5, 0.6) is 5.75 Å². The lowest BCUT2D eigenvalue weighted by Gasteiger charge is -2.12. The van der Waals surface area contributed by atoms with E-state index in [9.17, 15) is 4.79 Å². The van der Waals surface area contributed by atoms with Gasteiger partial charge in [-0.05, 0) is 55.4 Å². The predicted octanol–water partition coefficient (Wildman–Crippen LogP) is 4.29. The van der Waals surface area contributed by atoms with Crippen LogP contribution in [0, 0.1) is 6.92 Å². The highest BCUT2D eigenvalue weighted by atomic mass is 16.5. The number of hydrogen-bond acceptors (Lipinski definition) is 3. The molecule has 0 saturated carbocycles. The molecule has 0 atom stereocenters. The first kappa shape index (κ1) is 16.1. The molecule has 118 valence electrons. The van der Waals surface area contributed by atoms with Crippen molar-refractivity contribution in [3.63, 3.8) is 0 Å². The largest absolute Gasteiger partial charge is 0.500 e. The molecular weight excluding hydrogens is 280 g/mol. The Hall–Kier alpha value is -2.23. The van der Waals surface area contributed by atoms with E-state index in [1.807, 2.05) is 19.1 Å². The molecule has 0 saturated heterocycles. The number of allylic oxidation sites excluding steroid dienone is 2. The van der Waals surface area contributed by atoms with Gasteiger partial charge < -0.3 is 14.6 Å². The van der Waals surface area contributed by atoms with Gasteiger partial charge in [0, 0.05) is 0 Å². The topological polar surface area (TPSA) is 55.8 Å². The van der Waals surface area contributed by atoms with Crippen molar-refractivity contribution < 1.29 is 19.4 Å². The predicted molar refractivity (Wildman–Crippen MR) is 85.6 cm³/mol. The molecule has 4 nitrogen and oxygen atoms in total. The van der Waals surface area contributed by atoms with Crippen LogP contribution in [0.4, 0.5) is 0 Å². The molecule has 0 amide bonds. The van der Waals surface area contributed by atoms with Crippen LogP contribution < -0.4 is 4.74 Å². The number of carboxylic acids is 1. The zero-order valence-corrected chi connectivity index (χ0v) is 13.1. The Bertz CT molecular complexity index is 599. The lowest BCUT2D eigenvalue weighted by Crippen LogP contribution is -2.09. The maximum atomic E-state index is 11.2. The van der Waals surface area contributed by atoms with E-state index in [1.54, 1.807) is 0 Å². The maximum Gasteiger partial charge on any atom is 0.375 e. The van der Waals surface area contributed by atoms with Crippen molar-refractivity contribution in [2.45, 2.75) is 39.0 Å². The Morgan fingerprint density at radius 3 is 2.82 bits per heavy atom. The lowest BCUT2D eigenvalue weighted by atomic mass is 9.99. The zero-order valence-electron chi connectivity index (χ0n) is 13.1. The second kappa shape index (κ2) is 7.69. The third kappa shape index (κ3) is 4.13. The summed E-state index contributed by atoms with van der Waals surface area (Å²) in [7, 11) is 1.39. The molecule has 0 spiro atoms. The summed E-state index contributed by atoms with van der Waals surface area (Å²) >= 11 is 0. The summed E-state index contributed by atoms with van der Waals surface area (Å²) in [6, 6.07) is 5.95. The normalized spacial score (nSPS) is 15.7. The van der Waals surface area contributed by atoms with Crippen LogP contribution in [0.3, 0.4) is 0 Å². The molecule has 0 aliphatic heterocycles. The third-order valence-electron chi connectivity index (χ3n) is 3.76. The fraction of sp³-hybridized carbons (Fsp3) is 0.389. The van der Waals surface area contributed by atoms with Crippen molar-refractivity contribution in [3.05, 3.63) is 47.4 Å². The third-order valence-corrected chi connectivity index (χ3v) is 3.76. The molecule has 0 radical (unpaired) electrons. The molecule has 1 N–H and O–H groups in total. The van der Waals surface area contributed by atoms with E-state index in [-0.39, 0.29) is 5.76 Å². The van der Waals surface area contributed by atoms with E-state index in [4.69, 9.17) is 14.6 Å². The Morgan fingerprint density at radius 1 is 1.27 bits per heavy atom. The van der Waals surface area contributed by atoms with E-state index < -0.39 is 5.97 Å². The molecule has 22 heavy (non-hydrogen) atoms. The second-order valence-corrected chi connectivity index (χ2v) is 5.43. The van der Waals surface area contributed by atoms with Crippen molar-refractivity contribution in [2.75, 3.05) is 7.11 Å². The zero-order chi connectivity index (χ0) is 15.9. The quantitative estimate of drug-likeness (QED) is 0.651. The number of carbonyl (C=O) groups is 1. The number of aliphatic carboxylic acids is 1. The summed E-state index contributed by atoms with van der Waals surface area (Å²) in [5.41, 5.74) is 3.31. The molecule has 0 unspecified atom stereocenters. The van der Waals surface area contributed by atoms with Gasteiger partial charge in [0.15, 0.2) is 0 Å². The number of methoxy groups -OCH3 is 1. The highest BCUT2D eigenvalue weighted by molar-refractivity contribution is 5.84. The van der Waals surface area contributed by atoms with E-state index in [1.165, 1.54) is 31.9 Å². The van der Waals surface area contributed by atoms with Crippen LogP contribution in [0.25, 0.3) is 5.57 Å². The van der Waals surface area contributed by atoms with Crippen LogP contribution in [-0.4, -0.2) is 18.2 Å². The van der Waals surface area contributed by atoms with Gasteiger partial charge in [-0.15, -0.1) is 0 Å². The van der Waals surface area contributed by atoms with Gasteiger partial charge in [-0.2, -0.15) is 0 Å². The van der Waals surface area contributed by atoms with Gasteiger partial charge in [0.25, 0.3) is 0 Å². The van der Waals surface area contributed by atoms with Crippen molar-refractivity contribution >= 4 is 11.5 Å². The van der Waals surface area contributed by atoms with Gasteiger partial charge in [-0.3, -0.25) is 0 Å². The first-order valence-corrected chi connectivity index (χ1v) is 7.56. The Kier molecular flexibility index (Phi) is 5.64. The number of ether oxygens (including phenoxy) is 2. The molecule has 1 aliphatic carbocycles. The molecule has 0 heterocycles. The molecule has 1 aromatic carbocycles. The number of benzene rings is 1. The second-order valence-electron chi connectivity index (χ2n) is 5.43. The molecule has 0 bridgehead atoms. The van der Waals surface area contributed by atoms with Gasteiger partial charge >= 0.3 is 5.97 Å². The fourth-order valence-electron chi connectivity index (χ4n) is 2.53. The van der Waals surface area contributed by atoms with Crippen LogP contribution in [0.15, 0.2) is 36.3 Å². The summed E-state index contributed by atoms with van der Waals surface area (Å²) in [5, 5.41) is 9.13. The SMILES string of the molecule is CO/C=C(\Oc1cc(C2=CCCCCC2)ccc1C)C(=O)O. The lowest BCUT2D eigenvalue weighted by molar-refractivity contribution is -0.135. The van der Waals surface area contributed by atoms with Crippen molar-refractivity contribution in [1.29, 1.82) is 0 Å². The summed E-state index contributed by atoms with van der Waals surface area (Å²) in [6.07, 6.45) is 9.22. The first-order valence-electron chi connectivity index (χ1n) is 7.56. The van der Waals surface area contributed by atoms with Crippen LogP contribution in [0.2, 0.25) is 0 Å². The molecule has 0 aromatic heterocycles. The number of carboxylic acid groups (broad SMARTS) is 1. The highest BCUT2D eigenvalue weighted by Crippen LogP contribution is 2.30. The van der Waals surface area contributed by atoms with E-state index in [0.717, 1.165) is 30.2 Å². The van der Waals surface area contributed by atoms with Crippen molar-refractivity contribution in [3.8, 4) is 5.75 Å². The van der Waals surface area contributed by atoms with Gasteiger partial charge in [0.1, 0.15) is 12.0 Å². The molecule has 4 heteroatoms. The van der Waals surface area contributed by atoms with Gasteiger partial charge in [-0.25, -0.2) is 4.79 Å². The van der Waals surface area contributed by atoms with Gasteiger partial charge in [0.05, 0.1) is 7.11 Å². The minimum Gasteiger partial charge on any atom is -0.500 e. The highest BCUT2D eigenvalue weighted by Gasteiger charge is 2.14. The van der Waals surface area contributed by atoms with Crippen molar-refractivity contribution in [2.24, 2.45) is 0 Å². The van der Waals surface area contributed by atoms with E-state index >= 15 is 0 Å². The minimum atomic E-state index is -1.15. The summed E-state index contributed by atoms with van der Waals surface area (Å²) in [6.45, 7) is 1.90. The van der Waals surface area contributed by atoms with E-state index in [2.05, 4.69) is 12.1 Å². The smallest absolute Gasteiger partial charge is 0.375 e. The van der Waals surface area contributed by atoms with Gasteiger partial charge in [-0.1, -0.05) is 24.6 Å². The summed E-state index contributed by atoms with van der Waals surface area (Å²) in [5.74, 6) is -0.828. The van der Waals surface area contributed by atoms with Crippen LogP contribution in [0.1, 0.15) is 43.2 Å². The maximum absolute atomic E-state index is 11.2. The average molecular weight is 302 g/mol. The molecular formula is C18H22O4. The van der Waals surface area contributed by atoms with Gasteiger partial charge in [0.2, 0.25) is 5.76 Å². The Morgan fingerprint density at radius 2 is 2.09 bits per heavy atom. The van der Waals surface area contributed by atoms with Crippen molar-refractivity contribution in [1.82, 2.24) is 0 Å². The van der Waals surface area contributed by atoms with E-state index in [0.29, 0.717) is 5.75 Å². The number of aryl methyl sites for hydroxylation is 1.